The van der Waals surface area contributed by atoms with Crippen molar-refractivity contribution in [1.29, 1.82) is 0 Å². The van der Waals surface area contributed by atoms with Crippen LogP contribution in [0.4, 0.5) is 5.82 Å². The van der Waals surface area contributed by atoms with Crippen LogP contribution in [-0.4, -0.2) is 18.1 Å². The summed E-state index contributed by atoms with van der Waals surface area (Å²) in [5, 5.41) is 0. The second-order valence-electron chi connectivity index (χ2n) is 2.90. The van der Waals surface area contributed by atoms with Crippen molar-refractivity contribution in [2.24, 2.45) is 5.73 Å². The fourth-order valence-electron chi connectivity index (χ4n) is 1.27. The minimum atomic E-state index is 0.561. The van der Waals surface area contributed by atoms with Crippen LogP contribution in [0.3, 0.4) is 0 Å². The van der Waals surface area contributed by atoms with Crippen molar-refractivity contribution in [3.63, 3.8) is 0 Å². The number of anilines is 1. The molecular formula is C10H17N3. The van der Waals surface area contributed by atoms with Gasteiger partial charge in [-0.2, -0.15) is 0 Å². The molecule has 1 rings (SSSR count). The largest absolute Gasteiger partial charge is 0.357 e. The number of pyridine rings is 1. The first-order valence-corrected chi connectivity index (χ1v) is 4.71. The molecule has 0 aliphatic rings. The maximum atomic E-state index is 5.49. The lowest BCUT2D eigenvalue weighted by atomic mass is 10.3. The number of hydrogen-bond acceptors (Lipinski definition) is 3. The molecule has 0 spiro atoms. The molecule has 0 saturated carbocycles. The van der Waals surface area contributed by atoms with Crippen molar-refractivity contribution >= 4 is 5.82 Å². The first kappa shape index (κ1) is 9.99. The van der Waals surface area contributed by atoms with Gasteiger partial charge in [-0.25, -0.2) is 4.98 Å². The van der Waals surface area contributed by atoms with E-state index in [2.05, 4.69) is 23.7 Å². The Morgan fingerprint density at radius 2 is 2.00 bits per heavy atom. The standard InChI is InChI=1S/C10H17N3/c1-3-13(4-2)10-6-5-9(7-11)8-12-10/h5-6,8H,3-4,7,11H2,1-2H3. The third-order valence-electron chi connectivity index (χ3n) is 2.13. The average Bonchev–Trinajstić information content (AvgIpc) is 2.21. The Hall–Kier alpha value is -1.09. The van der Waals surface area contributed by atoms with Gasteiger partial charge >= 0.3 is 0 Å². The first-order valence-electron chi connectivity index (χ1n) is 4.71. The quantitative estimate of drug-likeness (QED) is 0.759. The Bertz CT molecular complexity index is 239. The second-order valence-corrected chi connectivity index (χ2v) is 2.90. The van der Waals surface area contributed by atoms with Crippen LogP contribution in [0.25, 0.3) is 0 Å². The molecule has 0 bridgehead atoms. The molecule has 13 heavy (non-hydrogen) atoms. The molecule has 0 atom stereocenters. The van der Waals surface area contributed by atoms with Gasteiger partial charge in [-0.15, -0.1) is 0 Å². The van der Waals surface area contributed by atoms with E-state index < -0.39 is 0 Å². The highest BCUT2D eigenvalue weighted by atomic mass is 15.2. The Morgan fingerprint density at radius 1 is 1.31 bits per heavy atom. The summed E-state index contributed by atoms with van der Waals surface area (Å²) in [5.41, 5.74) is 6.57. The summed E-state index contributed by atoms with van der Waals surface area (Å²) < 4.78 is 0. The van der Waals surface area contributed by atoms with Crippen LogP contribution in [-0.2, 0) is 6.54 Å². The number of aromatic nitrogens is 1. The van der Waals surface area contributed by atoms with E-state index >= 15 is 0 Å². The van der Waals surface area contributed by atoms with Gasteiger partial charge in [-0.3, -0.25) is 0 Å². The molecule has 0 fully saturated rings. The van der Waals surface area contributed by atoms with E-state index in [1.807, 2.05) is 18.3 Å². The topological polar surface area (TPSA) is 42.1 Å². The molecule has 3 nitrogen and oxygen atoms in total. The van der Waals surface area contributed by atoms with Crippen molar-refractivity contribution in [3.8, 4) is 0 Å². The maximum absolute atomic E-state index is 5.49. The monoisotopic (exact) mass is 179 g/mol. The molecule has 1 aromatic heterocycles. The number of rotatable bonds is 4. The molecule has 0 aliphatic carbocycles. The summed E-state index contributed by atoms with van der Waals surface area (Å²) in [5.74, 6) is 1.03. The van der Waals surface area contributed by atoms with E-state index in [1.54, 1.807) is 0 Å². The summed E-state index contributed by atoms with van der Waals surface area (Å²) in [7, 11) is 0. The van der Waals surface area contributed by atoms with E-state index in [1.165, 1.54) is 0 Å². The summed E-state index contributed by atoms with van der Waals surface area (Å²) in [6.45, 7) is 6.80. The maximum Gasteiger partial charge on any atom is 0.128 e. The minimum absolute atomic E-state index is 0.561. The van der Waals surface area contributed by atoms with Gasteiger partial charge in [0.1, 0.15) is 5.82 Å². The third-order valence-corrected chi connectivity index (χ3v) is 2.13. The molecule has 0 unspecified atom stereocenters. The third kappa shape index (κ3) is 2.42. The van der Waals surface area contributed by atoms with Crippen LogP contribution in [0.2, 0.25) is 0 Å². The highest BCUT2D eigenvalue weighted by molar-refractivity contribution is 5.38. The molecule has 0 saturated heterocycles. The molecule has 0 radical (unpaired) electrons. The minimum Gasteiger partial charge on any atom is -0.357 e. The van der Waals surface area contributed by atoms with Crippen molar-refractivity contribution in [1.82, 2.24) is 4.98 Å². The summed E-state index contributed by atoms with van der Waals surface area (Å²) in [6, 6.07) is 4.05. The van der Waals surface area contributed by atoms with Gasteiger partial charge in [0.2, 0.25) is 0 Å². The molecule has 3 heteroatoms. The first-order chi connectivity index (χ1) is 6.31. The summed E-state index contributed by atoms with van der Waals surface area (Å²) >= 11 is 0. The zero-order valence-electron chi connectivity index (χ0n) is 8.33. The van der Waals surface area contributed by atoms with E-state index in [4.69, 9.17) is 5.73 Å². The molecule has 0 amide bonds. The van der Waals surface area contributed by atoms with Crippen LogP contribution in [0.1, 0.15) is 19.4 Å². The molecule has 0 aromatic carbocycles. The number of nitrogens with two attached hydrogens (primary N) is 1. The van der Waals surface area contributed by atoms with Crippen LogP contribution in [0.15, 0.2) is 18.3 Å². The molecule has 1 heterocycles. The van der Waals surface area contributed by atoms with Gasteiger partial charge in [-0.1, -0.05) is 6.07 Å². The van der Waals surface area contributed by atoms with E-state index in [0.29, 0.717) is 6.54 Å². The molecule has 72 valence electrons. The van der Waals surface area contributed by atoms with E-state index in [0.717, 1.165) is 24.5 Å². The normalized spacial score (nSPS) is 10.1. The van der Waals surface area contributed by atoms with Gasteiger partial charge in [0.15, 0.2) is 0 Å². The Kier molecular flexibility index (Phi) is 3.71. The second kappa shape index (κ2) is 4.82. The molecular weight excluding hydrogens is 162 g/mol. The van der Waals surface area contributed by atoms with Crippen molar-refractivity contribution < 1.29 is 0 Å². The van der Waals surface area contributed by atoms with Crippen molar-refractivity contribution in [2.45, 2.75) is 20.4 Å². The molecule has 0 aliphatic heterocycles. The van der Waals surface area contributed by atoms with Gasteiger partial charge < -0.3 is 10.6 Å². The SMILES string of the molecule is CCN(CC)c1ccc(CN)cn1. The van der Waals surface area contributed by atoms with Crippen molar-refractivity contribution in [2.75, 3.05) is 18.0 Å². The Balaban J connectivity index is 2.78. The summed E-state index contributed by atoms with van der Waals surface area (Å²) in [4.78, 5) is 6.55. The van der Waals surface area contributed by atoms with Gasteiger partial charge in [0.25, 0.3) is 0 Å². The fraction of sp³-hybridized carbons (Fsp3) is 0.500. The molecule has 1 aromatic rings. The summed E-state index contributed by atoms with van der Waals surface area (Å²) in [6.07, 6.45) is 1.84. The van der Waals surface area contributed by atoms with Gasteiger partial charge in [0.05, 0.1) is 0 Å². The lowest BCUT2D eigenvalue weighted by molar-refractivity contribution is 0.843. The van der Waals surface area contributed by atoms with Crippen LogP contribution in [0, 0.1) is 0 Å². The van der Waals surface area contributed by atoms with Crippen LogP contribution >= 0.6 is 0 Å². The Labute approximate surface area is 79.6 Å². The fourth-order valence-corrected chi connectivity index (χ4v) is 1.27. The lowest BCUT2D eigenvalue weighted by Crippen LogP contribution is -2.22. The van der Waals surface area contributed by atoms with Crippen LogP contribution in [0.5, 0.6) is 0 Å². The molecule has 2 N–H and O–H groups in total. The number of hydrogen-bond donors (Lipinski definition) is 1. The average molecular weight is 179 g/mol. The zero-order chi connectivity index (χ0) is 9.68. The zero-order valence-corrected chi connectivity index (χ0v) is 8.33. The van der Waals surface area contributed by atoms with E-state index in [-0.39, 0.29) is 0 Å². The predicted octanol–water partition coefficient (Wildman–Crippen LogP) is 1.39. The smallest absolute Gasteiger partial charge is 0.128 e. The van der Waals surface area contributed by atoms with Crippen molar-refractivity contribution in [3.05, 3.63) is 23.9 Å². The lowest BCUT2D eigenvalue weighted by Gasteiger charge is -2.19. The van der Waals surface area contributed by atoms with Gasteiger partial charge in [0, 0.05) is 25.8 Å². The Morgan fingerprint density at radius 3 is 2.38 bits per heavy atom. The van der Waals surface area contributed by atoms with Crippen LogP contribution < -0.4 is 10.6 Å². The highest BCUT2D eigenvalue weighted by Crippen LogP contribution is 2.09. The highest BCUT2D eigenvalue weighted by Gasteiger charge is 2.01. The van der Waals surface area contributed by atoms with E-state index in [9.17, 15) is 0 Å². The number of nitrogens with zero attached hydrogens (tertiary/aromatic N) is 2. The van der Waals surface area contributed by atoms with Gasteiger partial charge in [-0.05, 0) is 25.5 Å². The predicted molar refractivity (Wildman–Crippen MR) is 55.7 cm³/mol.